The van der Waals surface area contributed by atoms with E-state index in [-0.39, 0.29) is 5.92 Å². The van der Waals surface area contributed by atoms with Crippen LogP contribution in [0.2, 0.25) is 0 Å². The zero-order valence-corrected chi connectivity index (χ0v) is 15.2. The minimum absolute atomic E-state index is 0.232. The highest BCUT2D eigenvalue weighted by Gasteiger charge is 2.19. The van der Waals surface area contributed by atoms with E-state index in [9.17, 15) is 0 Å². The van der Waals surface area contributed by atoms with Crippen molar-refractivity contribution in [3.63, 3.8) is 0 Å². The summed E-state index contributed by atoms with van der Waals surface area (Å²) >= 11 is 0. The van der Waals surface area contributed by atoms with Crippen LogP contribution < -0.4 is 0 Å². The summed E-state index contributed by atoms with van der Waals surface area (Å²) in [6.07, 6.45) is 0. The maximum Gasteiger partial charge on any atom is 0.143 e. The Balaban J connectivity index is 2.03. The largest absolute Gasteiger partial charge is 0.455 e. The molecule has 0 saturated carbocycles. The lowest BCUT2D eigenvalue weighted by Crippen LogP contribution is -1.94. The Morgan fingerprint density at radius 1 is 0.808 bits per heavy atom. The molecule has 128 valence electrons. The second-order valence-corrected chi connectivity index (χ2v) is 7.44. The summed E-state index contributed by atoms with van der Waals surface area (Å²) in [7, 11) is 0. The van der Waals surface area contributed by atoms with Crippen LogP contribution in [0.1, 0.15) is 40.6 Å². The Morgan fingerprint density at radius 3 is 2.38 bits per heavy atom. The minimum Gasteiger partial charge on any atom is -0.455 e. The molecule has 5 aromatic rings. The Bertz CT molecular complexity index is 1420. The molecule has 1 aromatic heterocycles. The second-order valence-electron chi connectivity index (χ2n) is 7.44. The van der Waals surface area contributed by atoms with Crippen molar-refractivity contribution in [2.75, 3.05) is 0 Å². The van der Waals surface area contributed by atoms with Gasteiger partial charge in [-0.3, -0.25) is 0 Å². The zero-order chi connectivity index (χ0) is 20.5. The van der Waals surface area contributed by atoms with Gasteiger partial charge in [0.15, 0.2) is 0 Å². The van der Waals surface area contributed by atoms with E-state index in [0.717, 1.165) is 38.3 Å². The molecule has 0 aliphatic heterocycles. The lowest BCUT2D eigenvalue weighted by Gasteiger charge is -2.11. The SMILES string of the molecule is [2H]C([2H])([2H])c1cc(C)c(C(C)C)c2oc3c4ccc5ccccc5c4ccc3c12. The predicted octanol–water partition coefficient (Wildman–Crippen LogP) is 7.63. The van der Waals surface area contributed by atoms with Gasteiger partial charge in [-0.05, 0) is 59.1 Å². The van der Waals surface area contributed by atoms with E-state index in [1.54, 1.807) is 0 Å². The zero-order valence-electron chi connectivity index (χ0n) is 18.2. The number of fused-ring (bicyclic) bond motifs is 7. The van der Waals surface area contributed by atoms with E-state index in [1.807, 2.05) is 31.2 Å². The first-order valence-corrected chi connectivity index (χ1v) is 9.08. The Morgan fingerprint density at radius 2 is 1.58 bits per heavy atom. The fraction of sp³-hybridized carbons (Fsp3) is 0.200. The molecule has 5 rings (SSSR count). The van der Waals surface area contributed by atoms with Crippen molar-refractivity contribution in [2.45, 2.75) is 33.5 Å². The van der Waals surface area contributed by atoms with Crippen molar-refractivity contribution in [3.8, 4) is 0 Å². The van der Waals surface area contributed by atoms with Crippen LogP contribution in [0.25, 0.3) is 43.5 Å². The standard InChI is InChI=1S/C25H22O/c1-14(2)22-15(3)13-16(4)23-21-12-11-19-18-8-6-5-7-17(18)9-10-20(19)24(21)26-25(22)23/h5-14H,1-4H3/i4D3. The van der Waals surface area contributed by atoms with Gasteiger partial charge in [0, 0.05) is 25.8 Å². The van der Waals surface area contributed by atoms with E-state index in [2.05, 4.69) is 44.2 Å². The van der Waals surface area contributed by atoms with Gasteiger partial charge in [-0.2, -0.15) is 0 Å². The molecule has 0 aliphatic carbocycles. The van der Waals surface area contributed by atoms with Crippen molar-refractivity contribution in [3.05, 3.63) is 71.3 Å². The van der Waals surface area contributed by atoms with Gasteiger partial charge in [-0.1, -0.05) is 56.3 Å². The summed E-state index contributed by atoms with van der Waals surface area (Å²) in [6, 6.07) is 18.4. The van der Waals surface area contributed by atoms with Gasteiger partial charge in [0.2, 0.25) is 0 Å². The maximum atomic E-state index is 8.11. The van der Waals surface area contributed by atoms with Crippen LogP contribution in [0.4, 0.5) is 0 Å². The maximum absolute atomic E-state index is 8.11. The predicted molar refractivity (Wildman–Crippen MR) is 112 cm³/mol. The molecule has 0 amide bonds. The van der Waals surface area contributed by atoms with Gasteiger partial charge in [-0.25, -0.2) is 0 Å². The third kappa shape index (κ3) is 1.97. The summed E-state index contributed by atoms with van der Waals surface area (Å²) in [4.78, 5) is 0. The van der Waals surface area contributed by atoms with Crippen LogP contribution in [0, 0.1) is 13.8 Å². The van der Waals surface area contributed by atoms with Crippen LogP contribution in [0.15, 0.2) is 59.0 Å². The second kappa shape index (κ2) is 5.35. The number of hydrogen-bond donors (Lipinski definition) is 0. The fourth-order valence-corrected chi connectivity index (χ4v) is 4.36. The van der Waals surface area contributed by atoms with Crippen LogP contribution in [0.3, 0.4) is 0 Å². The molecular weight excluding hydrogens is 316 g/mol. The molecule has 1 nitrogen and oxygen atoms in total. The third-order valence-corrected chi connectivity index (χ3v) is 5.45. The Labute approximate surface area is 157 Å². The molecule has 26 heavy (non-hydrogen) atoms. The first kappa shape index (κ1) is 12.5. The monoisotopic (exact) mass is 341 g/mol. The number of benzene rings is 4. The topological polar surface area (TPSA) is 13.1 Å². The molecule has 0 bridgehead atoms. The van der Waals surface area contributed by atoms with Gasteiger partial charge in [-0.15, -0.1) is 0 Å². The van der Waals surface area contributed by atoms with Crippen molar-refractivity contribution in [2.24, 2.45) is 0 Å². The number of rotatable bonds is 1. The van der Waals surface area contributed by atoms with Gasteiger partial charge in [0.1, 0.15) is 11.2 Å². The average Bonchev–Trinajstić information content (AvgIpc) is 3.05. The third-order valence-electron chi connectivity index (χ3n) is 5.45. The molecule has 0 N–H and O–H groups in total. The summed E-state index contributed by atoms with van der Waals surface area (Å²) in [5.74, 6) is 0.232. The number of hydrogen-bond acceptors (Lipinski definition) is 1. The van der Waals surface area contributed by atoms with Crippen LogP contribution >= 0.6 is 0 Å². The van der Waals surface area contributed by atoms with E-state index in [1.165, 1.54) is 10.8 Å². The first-order chi connectivity index (χ1) is 13.8. The molecule has 0 atom stereocenters. The summed E-state index contributed by atoms with van der Waals surface area (Å²) in [6.45, 7) is 4.02. The van der Waals surface area contributed by atoms with Gasteiger partial charge in [0.25, 0.3) is 0 Å². The van der Waals surface area contributed by atoms with Crippen LogP contribution in [0.5, 0.6) is 0 Å². The molecule has 1 heterocycles. The smallest absolute Gasteiger partial charge is 0.143 e. The van der Waals surface area contributed by atoms with Crippen molar-refractivity contribution >= 4 is 43.5 Å². The van der Waals surface area contributed by atoms with Gasteiger partial charge < -0.3 is 4.42 Å². The molecule has 0 aliphatic rings. The highest BCUT2D eigenvalue weighted by Crippen LogP contribution is 2.41. The molecule has 0 spiro atoms. The van der Waals surface area contributed by atoms with Crippen LogP contribution in [-0.4, -0.2) is 0 Å². The number of furan rings is 1. The van der Waals surface area contributed by atoms with Crippen molar-refractivity contribution in [1.29, 1.82) is 0 Å². The summed E-state index contributed by atoms with van der Waals surface area (Å²) in [5, 5.41) is 6.08. The lowest BCUT2D eigenvalue weighted by atomic mass is 9.92. The normalized spacial score (nSPS) is 14.4. The fourth-order valence-electron chi connectivity index (χ4n) is 4.36. The highest BCUT2D eigenvalue weighted by molar-refractivity contribution is 6.21. The lowest BCUT2D eigenvalue weighted by molar-refractivity contribution is 0.659. The quantitative estimate of drug-likeness (QED) is 0.286. The average molecular weight is 341 g/mol. The van der Waals surface area contributed by atoms with Gasteiger partial charge >= 0.3 is 0 Å². The van der Waals surface area contributed by atoms with Crippen molar-refractivity contribution in [1.82, 2.24) is 0 Å². The molecule has 1 heteroatoms. The Hall–Kier alpha value is -2.80. The van der Waals surface area contributed by atoms with E-state index in [0.29, 0.717) is 11.1 Å². The molecule has 0 fully saturated rings. The van der Waals surface area contributed by atoms with Gasteiger partial charge in [0.05, 0.1) is 0 Å². The number of aryl methyl sites for hydroxylation is 2. The first-order valence-electron chi connectivity index (χ1n) is 10.6. The van der Waals surface area contributed by atoms with E-state index >= 15 is 0 Å². The molecule has 4 aromatic carbocycles. The molecule has 0 saturated heterocycles. The van der Waals surface area contributed by atoms with Crippen molar-refractivity contribution < 1.29 is 8.53 Å². The minimum atomic E-state index is -2.20. The molecular formula is C25H22O. The highest BCUT2D eigenvalue weighted by atomic mass is 16.3. The summed E-state index contributed by atoms with van der Waals surface area (Å²) < 4.78 is 30.8. The summed E-state index contributed by atoms with van der Waals surface area (Å²) in [5.41, 5.74) is 3.89. The molecule has 0 radical (unpaired) electrons. The Kier molecular flexibility index (Phi) is 2.58. The molecule has 0 unspecified atom stereocenters. The van der Waals surface area contributed by atoms with E-state index < -0.39 is 6.85 Å². The van der Waals surface area contributed by atoms with E-state index in [4.69, 9.17) is 8.53 Å². The van der Waals surface area contributed by atoms with Crippen LogP contribution in [-0.2, 0) is 0 Å².